The lowest BCUT2D eigenvalue weighted by Crippen LogP contribution is -2.45. The molecule has 1 aliphatic carbocycles. The minimum atomic E-state index is 0.00228. The quantitative estimate of drug-likeness (QED) is 0.885. The minimum Gasteiger partial charge on any atom is -0.348 e. The highest BCUT2D eigenvalue weighted by atomic mass is 16.2. The first-order chi connectivity index (χ1) is 9.84. The van der Waals surface area contributed by atoms with Gasteiger partial charge in [0.15, 0.2) is 0 Å². The molecule has 2 aliphatic rings. The van der Waals surface area contributed by atoms with Crippen LogP contribution in [0, 0.1) is 5.92 Å². The smallest absolute Gasteiger partial charge is 0.237 e. The van der Waals surface area contributed by atoms with Gasteiger partial charge in [-0.1, -0.05) is 43.2 Å². The average Bonchev–Trinajstić information content (AvgIpc) is 3.31. The summed E-state index contributed by atoms with van der Waals surface area (Å²) in [6.45, 7) is 0.970. The van der Waals surface area contributed by atoms with E-state index in [4.69, 9.17) is 0 Å². The van der Waals surface area contributed by atoms with Gasteiger partial charge in [-0.3, -0.25) is 4.79 Å². The van der Waals surface area contributed by atoms with Crippen molar-refractivity contribution < 1.29 is 4.79 Å². The first kappa shape index (κ1) is 13.6. The van der Waals surface area contributed by atoms with Crippen LogP contribution in [0.5, 0.6) is 0 Å². The molecular weight excluding hydrogens is 248 g/mol. The second-order valence-electron chi connectivity index (χ2n) is 6.09. The molecule has 1 aromatic rings. The van der Waals surface area contributed by atoms with E-state index in [2.05, 4.69) is 34.9 Å². The van der Waals surface area contributed by atoms with Crippen LogP contribution in [0.4, 0.5) is 0 Å². The zero-order valence-corrected chi connectivity index (χ0v) is 12.0. The molecule has 1 amide bonds. The van der Waals surface area contributed by atoms with Gasteiger partial charge in [0.25, 0.3) is 0 Å². The molecule has 0 radical (unpaired) electrons. The molecule has 2 unspecified atom stereocenters. The third-order valence-corrected chi connectivity index (χ3v) is 4.43. The third-order valence-electron chi connectivity index (χ3n) is 4.43. The summed E-state index contributed by atoms with van der Waals surface area (Å²) in [5, 5.41) is 6.68. The molecular formula is C17H24N2O. The molecule has 2 N–H and O–H groups in total. The molecule has 3 heteroatoms. The summed E-state index contributed by atoms with van der Waals surface area (Å²) in [4.78, 5) is 12.5. The molecule has 2 fully saturated rings. The monoisotopic (exact) mass is 272 g/mol. The Bertz CT molecular complexity index is 434. The highest BCUT2D eigenvalue weighted by Crippen LogP contribution is 2.41. The number of rotatable bonds is 4. The van der Waals surface area contributed by atoms with Gasteiger partial charge >= 0.3 is 0 Å². The van der Waals surface area contributed by atoms with Gasteiger partial charge in [0, 0.05) is 0 Å². The molecule has 1 saturated heterocycles. The van der Waals surface area contributed by atoms with E-state index in [-0.39, 0.29) is 18.0 Å². The Labute approximate surface area is 121 Å². The van der Waals surface area contributed by atoms with Crippen LogP contribution in [0.2, 0.25) is 0 Å². The van der Waals surface area contributed by atoms with Crippen LogP contribution in [0.25, 0.3) is 0 Å². The minimum absolute atomic E-state index is 0.00228. The first-order valence-electron chi connectivity index (χ1n) is 7.93. The number of hydrogen-bond acceptors (Lipinski definition) is 2. The highest BCUT2D eigenvalue weighted by molar-refractivity contribution is 5.82. The maximum Gasteiger partial charge on any atom is 0.237 e. The van der Waals surface area contributed by atoms with Crippen LogP contribution in [0.1, 0.15) is 50.1 Å². The molecule has 0 spiro atoms. The predicted molar refractivity (Wildman–Crippen MR) is 80.3 cm³/mol. The van der Waals surface area contributed by atoms with Crippen LogP contribution >= 0.6 is 0 Å². The highest BCUT2D eigenvalue weighted by Gasteiger charge is 2.34. The average molecular weight is 272 g/mol. The third kappa shape index (κ3) is 3.40. The van der Waals surface area contributed by atoms with Crippen molar-refractivity contribution in [2.24, 2.45) is 5.92 Å². The van der Waals surface area contributed by atoms with E-state index in [0.717, 1.165) is 19.4 Å². The maximum atomic E-state index is 12.5. The molecule has 3 nitrogen and oxygen atoms in total. The summed E-state index contributed by atoms with van der Waals surface area (Å²) in [6, 6.07) is 10.6. The number of hydrogen-bond donors (Lipinski definition) is 2. The number of amides is 1. The summed E-state index contributed by atoms with van der Waals surface area (Å²) in [7, 11) is 0. The SMILES string of the molecule is O=C(NC(c1ccccc1)C1CC1)C1CCCCCN1. The van der Waals surface area contributed by atoms with Gasteiger partial charge in [0.1, 0.15) is 0 Å². The van der Waals surface area contributed by atoms with Crippen molar-refractivity contribution in [1.29, 1.82) is 0 Å². The summed E-state index contributed by atoms with van der Waals surface area (Å²) in [5.41, 5.74) is 1.25. The number of carbonyl (C=O) groups is 1. The van der Waals surface area contributed by atoms with E-state index in [9.17, 15) is 4.79 Å². The van der Waals surface area contributed by atoms with Crippen LogP contribution in [0.15, 0.2) is 30.3 Å². The van der Waals surface area contributed by atoms with Crippen molar-refractivity contribution in [2.75, 3.05) is 6.54 Å². The summed E-state index contributed by atoms with van der Waals surface area (Å²) >= 11 is 0. The van der Waals surface area contributed by atoms with Gasteiger partial charge in [-0.25, -0.2) is 0 Å². The zero-order chi connectivity index (χ0) is 13.8. The van der Waals surface area contributed by atoms with E-state index in [1.54, 1.807) is 0 Å². The van der Waals surface area contributed by atoms with Crippen molar-refractivity contribution in [1.82, 2.24) is 10.6 Å². The van der Waals surface area contributed by atoms with Gasteiger partial charge < -0.3 is 10.6 Å². The van der Waals surface area contributed by atoms with Crippen molar-refractivity contribution in [3.05, 3.63) is 35.9 Å². The molecule has 2 atom stereocenters. The molecule has 3 rings (SSSR count). The largest absolute Gasteiger partial charge is 0.348 e. The van der Waals surface area contributed by atoms with Crippen LogP contribution in [-0.4, -0.2) is 18.5 Å². The van der Waals surface area contributed by atoms with Gasteiger partial charge in [0.2, 0.25) is 5.91 Å². The Morgan fingerprint density at radius 1 is 1.10 bits per heavy atom. The van der Waals surface area contributed by atoms with E-state index < -0.39 is 0 Å². The lowest BCUT2D eigenvalue weighted by Gasteiger charge is -2.23. The fraction of sp³-hybridized carbons (Fsp3) is 0.588. The Balaban J connectivity index is 1.65. The topological polar surface area (TPSA) is 41.1 Å². The van der Waals surface area contributed by atoms with Crippen LogP contribution < -0.4 is 10.6 Å². The molecule has 1 aliphatic heterocycles. The van der Waals surface area contributed by atoms with Crippen LogP contribution in [-0.2, 0) is 4.79 Å². The summed E-state index contributed by atoms with van der Waals surface area (Å²) < 4.78 is 0. The molecule has 108 valence electrons. The van der Waals surface area contributed by atoms with Crippen molar-refractivity contribution >= 4 is 5.91 Å². The summed E-state index contributed by atoms with van der Waals surface area (Å²) in [6.07, 6.45) is 7.02. The van der Waals surface area contributed by atoms with E-state index in [1.165, 1.54) is 31.2 Å². The molecule has 1 aromatic carbocycles. The predicted octanol–water partition coefficient (Wildman–Crippen LogP) is 2.79. The Kier molecular flexibility index (Phi) is 4.36. The van der Waals surface area contributed by atoms with Crippen molar-refractivity contribution in [2.45, 2.75) is 50.6 Å². The van der Waals surface area contributed by atoms with Gasteiger partial charge in [-0.05, 0) is 43.7 Å². The number of nitrogens with one attached hydrogen (secondary N) is 2. The molecule has 1 heterocycles. The zero-order valence-electron chi connectivity index (χ0n) is 12.0. The van der Waals surface area contributed by atoms with Gasteiger partial charge in [0.05, 0.1) is 12.1 Å². The van der Waals surface area contributed by atoms with Gasteiger partial charge in [-0.15, -0.1) is 0 Å². The molecule has 20 heavy (non-hydrogen) atoms. The normalized spacial score (nSPS) is 24.7. The fourth-order valence-corrected chi connectivity index (χ4v) is 3.07. The fourth-order valence-electron chi connectivity index (χ4n) is 3.07. The molecule has 0 aromatic heterocycles. The molecule has 0 bridgehead atoms. The summed E-state index contributed by atoms with van der Waals surface area (Å²) in [5.74, 6) is 0.819. The Morgan fingerprint density at radius 3 is 2.65 bits per heavy atom. The Morgan fingerprint density at radius 2 is 1.90 bits per heavy atom. The second kappa shape index (κ2) is 6.40. The first-order valence-corrected chi connectivity index (χ1v) is 7.93. The van der Waals surface area contributed by atoms with Crippen LogP contribution in [0.3, 0.4) is 0 Å². The lowest BCUT2D eigenvalue weighted by atomic mass is 10.0. The molecule has 1 saturated carbocycles. The lowest BCUT2D eigenvalue weighted by molar-refractivity contribution is -0.124. The van der Waals surface area contributed by atoms with E-state index >= 15 is 0 Å². The van der Waals surface area contributed by atoms with Crippen molar-refractivity contribution in [3.8, 4) is 0 Å². The maximum absolute atomic E-state index is 12.5. The number of carbonyl (C=O) groups excluding carboxylic acids is 1. The van der Waals surface area contributed by atoms with Crippen molar-refractivity contribution in [3.63, 3.8) is 0 Å². The van der Waals surface area contributed by atoms with Gasteiger partial charge in [-0.2, -0.15) is 0 Å². The Hall–Kier alpha value is -1.35. The van der Waals surface area contributed by atoms with E-state index in [1.807, 2.05) is 6.07 Å². The van der Waals surface area contributed by atoms with E-state index in [0.29, 0.717) is 5.92 Å². The standard InChI is InChI=1S/C17H24N2O/c20-17(15-9-5-2-6-12-18-15)19-16(14-10-11-14)13-7-3-1-4-8-13/h1,3-4,7-8,14-16,18H,2,5-6,9-12H2,(H,19,20). The number of benzene rings is 1. The second-order valence-corrected chi connectivity index (χ2v) is 6.09.